The summed E-state index contributed by atoms with van der Waals surface area (Å²) in [5, 5.41) is 25.2. The summed E-state index contributed by atoms with van der Waals surface area (Å²) in [7, 11) is 0. The number of carbonyl (C=O) groups is 4. The number of nitrogens with one attached hydrogen (secondary N) is 1. The summed E-state index contributed by atoms with van der Waals surface area (Å²) >= 11 is 3.61. The molecule has 1 aromatic heterocycles. The van der Waals surface area contributed by atoms with Crippen LogP contribution in [0.25, 0.3) is 0 Å². The Morgan fingerprint density at radius 1 is 1.44 bits per heavy atom. The van der Waals surface area contributed by atoms with E-state index in [2.05, 4.69) is 15.5 Å². The highest BCUT2D eigenvalue weighted by Gasteiger charge is 2.54. The van der Waals surface area contributed by atoms with Gasteiger partial charge in [-0.3, -0.25) is 19.3 Å². The van der Waals surface area contributed by atoms with E-state index >= 15 is 0 Å². The van der Waals surface area contributed by atoms with Crippen molar-refractivity contribution in [3.63, 3.8) is 0 Å². The lowest BCUT2D eigenvalue weighted by molar-refractivity contribution is -0.150. The Bertz CT molecular complexity index is 1050. The van der Waals surface area contributed by atoms with Crippen LogP contribution < -0.4 is 16.8 Å². The molecule has 2 aliphatic heterocycles. The topological polar surface area (TPSA) is 201 Å². The number of carboxylic acid groups (broad SMARTS) is 1. The maximum atomic E-state index is 12.7. The van der Waals surface area contributed by atoms with Gasteiger partial charge in [-0.25, -0.2) is 9.78 Å². The van der Waals surface area contributed by atoms with E-state index in [9.17, 15) is 29.5 Å². The zero-order valence-corrected chi connectivity index (χ0v) is 18.7. The Balaban J connectivity index is 1.70. The first-order valence-corrected chi connectivity index (χ1v) is 12.0. The number of fused-ring (bicyclic) bond motifs is 1. The second-order valence-electron chi connectivity index (χ2n) is 6.44. The van der Waals surface area contributed by atoms with E-state index in [0.29, 0.717) is 17.1 Å². The second-order valence-corrected chi connectivity index (χ2v) is 9.47. The minimum Gasteiger partial charge on any atom is -0.477 e. The summed E-state index contributed by atoms with van der Waals surface area (Å²) in [6, 6.07) is -0.994. The first-order valence-electron chi connectivity index (χ1n) is 8.92. The molecule has 0 unspecified atom stereocenters. The Kier molecular flexibility index (Phi) is 7.42. The molecule has 0 aromatic carbocycles. The van der Waals surface area contributed by atoms with Crippen molar-refractivity contribution in [3.8, 4) is 0 Å². The van der Waals surface area contributed by atoms with Gasteiger partial charge in [0, 0.05) is 16.9 Å². The number of allylic oxidation sites excluding steroid dienone is 1. The van der Waals surface area contributed by atoms with Crippen molar-refractivity contribution in [1.29, 1.82) is 0 Å². The molecule has 1 aromatic rings. The van der Waals surface area contributed by atoms with Gasteiger partial charge in [-0.1, -0.05) is 17.3 Å². The fraction of sp³-hybridized carbons (Fsp3) is 0.294. The number of aliphatic carboxylic acids is 1. The number of oxime groups is 1. The van der Waals surface area contributed by atoms with E-state index < -0.39 is 40.8 Å². The third-order valence-electron chi connectivity index (χ3n) is 4.34. The molecular formula is C17H18N6O6S3. The molecule has 7 N–H and O–H groups in total. The van der Waals surface area contributed by atoms with Crippen molar-refractivity contribution >= 4 is 69.4 Å². The smallest absolute Gasteiger partial charge is 0.352 e. The standard InChI is InChI=1S/C17H18N6O6S3/c18-9(24)6-30-3-1-2-7-4-31-15-11(14(26)23(15)12(7)16(27)28)21-13(25)10(22-29)8-5-32-17(19)20-8/h1-2,5,11,15,29H,3-4,6H2,(H2,18,24)(H2,19,20)(H,21,25)(H,27,28)/b2-1-,22-10?/t11-,15-/m1/s1. The van der Waals surface area contributed by atoms with Gasteiger partial charge in [-0.05, 0) is 5.57 Å². The van der Waals surface area contributed by atoms with Crippen molar-refractivity contribution in [2.45, 2.75) is 11.4 Å². The predicted octanol–water partition coefficient (Wildman–Crippen LogP) is -0.583. The molecule has 0 saturated carbocycles. The molecule has 2 atom stereocenters. The highest BCUT2D eigenvalue weighted by Crippen LogP contribution is 2.40. The number of carboxylic acids is 1. The maximum absolute atomic E-state index is 12.7. The van der Waals surface area contributed by atoms with Crippen molar-refractivity contribution in [2.24, 2.45) is 10.9 Å². The molecule has 3 heterocycles. The van der Waals surface area contributed by atoms with Crippen LogP contribution in [0.5, 0.6) is 0 Å². The van der Waals surface area contributed by atoms with Crippen LogP contribution >= 0.6 is 34.9 Å². The van der Waals surface area contributed by atoms with Crippen LogP contribution in [0.3, 0.4) is 0 Å². The third-order valence-corrected chi connectivity index (χ3v) is 7.24. The lowest BCUT2D eigenvalue weighted by Gasteiger charge is -2.49. The van der Waals surface area contributed by atoms with Gasteiger partial charge in [-0.15, -0.1) is 34.9 Å². The van der Waals surface area contributed by atoms with Crippen LogP contribution in [-0.2, 0) is 19.2 Å². The zero-order valence-electron chi connectivity index (χ0n) is 16.3. The van der Waals surface area contributed by atoms with Gasteiger partial charge in [0.25, 0.3) is 11.8 Å². The fourth-order valence-corrected chi connectivity index (χ4v) is 5.43. The van der Waals surface area contributed by atoms with Gasteiger partial charge in [0.1, 0.15) is 22.8 Å². The van der Waals surface area contributed by atoms with E-state index in [1.165, 1.54) is 28.9 Å². The summed E-state index contributed by atoms with van der Waals surface area (Å²) in [6.07, 6.45) is 3.29. The maximum Gasteiger partial charge on any atom is 0.352 e. The van der Waals surface area contributed by atoms with Gasteiger partial charge in [0.05, 0.1) is 5.75 Å². The molecule has 3 amide bonds. The molecule has 2 aliphatic rings. The first-order chi connectivity index (χ1) is 15.2. The van der Waals surface area contributed by atoms with Gasteiger partial charge in [-0.2, -0.15) is 0 Å². The van der Waals surface area contributed by atoms with Crippen molar-refractivity contribution in [2.75, 3.05) is 23.0 Å². The number of nitrogen functional groups attached to an aromatic ring is 1. The van der Waals surface area contributed by atoms with E-state index in [1.807, 2.05) is 0 Å². The molecule has 0 bridgehead atoms. The number of thioether (sulfide) groups is 2. The lowest BCUT2D eigenvalue weighted by Crippen LogP contribution is -2.71. The van der Waals surface area contributed by atoms with Gasteiger partial charge >= 0.3 is 5.97 Å². The molecule has 15 heteroatoms. The molecule has 0 spiro atoms. The molecule has 0 radical (unpaired) electrons. The summed E-state index contributed by atoms with van der Waals surface area (Å²) in [5.41, 5.74) is 10.5. The molecule has 1 saturated heterocycles. The monoisotopic (exact) mass is 498 g/mol. The van der Waals surface area contributed by atoms with Gasteiger partial charge < -0.3 is 27.1 Å². The number of rotatable bonds is 9. The number of amides is 3. The Morgan fingerprint density at radius 3 is 2.78 bits per heavy atom. The molecular weight excluding hydrogens is 480 g/mol. The number of nitrogens with two attached hydrogens (primary N) is 2. The average molecular weight is 499 g/mol. The minimum atomic E-state index is -1.27. The lowest BCUT2D eigenvalue weighted by atomic mass is 10.0. The SMILES string of the molecule is NC(=O)CSC/C=C\C1=C(C(=O)O)N2C(=O)[C@@H](NC(=O)C(=NO)c3csc(N)n3)[C@H]2SC1. The van der Waals surface area contributed by atoms with Crippen LogP contribution in [0.2, 0.25) is 0 Å². The van der Waals surface area contributed by atoms with Crippen LogP contribution in [0.4, 0.5) is 5.13 Å². The zero-order chi connectivity index (χ0) is 23.4. The Labute approximate surface area is 193 Å². The fourth-order valence-electron chi connectivity index (χ4n) is 3.01. The van der Waals surface area contributed by atoms with E-state index in [-0.39, 0.29) is 22.3 Å². The molecule has 170 valence electrons. The summed E-state index contributed by atoms with van der Waals surface area (Å²) in [6.45, 7) is 0. The van der Waals surface area contributed by atoms with E-state index in [0.717, 1.165) is 16.2 Å². The number of thiazole rings is 1. The number of hydrogen-bond donors (Lipinski definition) is 5. The first kappa shape index (κ1) is 23.6. The quantitative estimate of drug-likeness (QED) is 0.0963. The number of primary amides is 1. The third kappa shape index (κ3) is 4.89. The van der Waals surface area contributed by atoms with Crippen molar-refractivity contribution in [1.82, 2.24) is 15.2 Å². The highest BCUT2D eigenvalue weighted by molar-refractivity contribution is 8.00. The van der Waals surface area contributed by atoms with Crippen LogP contribution in [0.1, 0.15) is 5.69 Å². The van der Waals surface area contributed by atoms with Gasteiger partial charge in [0.2, 0.25) is 5.91 Å². The summed E-state index contributed by atoms with van der Waals surface area (Å²) < 4.78 is 0. The molecule has 32 heavy (non-hydrogen) atoms. The van der Waals surface area contributed by atoms with Crippen LogP contribution in [-0.4, -0.2) is 78.3 Å². The Hall–Kier alpha value is -3.04. The Morgan fingerprint density at radius 2 is 2.19 bits per heavy atom. The average Bonchev–Trinajstić information content (AvgIpc) is 3.17. The van der Waals surface area contributed by atoms with Gasteiger partial charge in [0.15, 0.2) is 10.8 Å². The number of hydrogen-bond acceptors (Lipinski definition) is 11. The summed E-state index contributed by atoms with van der Waals surface area (Å²) in [5.74, 6) is -2.27. The highest BCUT2D eigenvalue weighted by atomic mass is 32.2. The minimum absolute atomic E-state index is 0.0557. The normalized spacial score (nSPS) is 20.8. The predicted molar refractivity (Wildman–Crippen MR) is 120 cm³/mol. The van der Waals surface area contributed by atoms with Crippen molar-refractivity contribution < 1.29 is 29.5 Å². The van der Waals surface area contributed by atoms with Crippen LogP contribution in [0.15, 0.2) is 34.0 Å². The molecule has 0 aliphatic carbocycles. The van der Waals surface area contributed by atoms with E-state index in [4.69, 9.17) is 11.5 Å². The molecule has 12 nitrogen and oxygen atoms in total. The molecule has 1 fully saturated rings. The van der Waals surface area contributed by atoms with Crippen LogP contribution in [0, 0.1) is 0 Å². The van der Waals surface area contributed by atoms with Crippen molar-refractivity contribution in [3.05, 3.63) is 34.5 Å². The number of anilines is 1. The number of aromatic nitrogens is 1. The second kappa shape index (κ2) is 10.1. The van der Waals surface area contributed by atoms with E-state index in [1.54, 1.807) is 12.2 Å². The molecule has 3 rings (SSSR count). The number of carbonyl (C=O) groups excluding carboxylic acids is 3. The summed E-state index contributed by atoms with van der Waals surface area (Å²) in [4.78, 5) is 52.8. The number of β-lactam (4-membered cyclic amide) rings is 1. The number of nitrogens with zero attached hydrogens (tertiary/aromatic N) is 3. The largest absolute Gasteiger partial charge is 0.477 e.